The van der Waals surface area contributed by atoms with Gasteiger partial charge in [0, 0.05) is 28.1 Å². The van der Waals surface area contributed by atoms with Crippen LogP contribution < -0.4 is 5.73 Å². The summed E-state index contributed by atoms with van der Waals surface area (Å²) in [6.45, 7) is 0. The average molecular weight is 491 g/mol. The minimum Gasteiger partial charge on any atom is -0.438 e. The lowest BCUT2D eigenvalue weighted by atomic mass is 9.93. The fraction of sp³-hybridized carbons (Fsp3) is 0. The van der Waals surface area contributed by atoms with Gasteiger partial charge in [-0.15, -0.1) is 0 Å². The summed E-state index contributed by atoms with van der Waals surface area (Å²) in [5.74, 6) is 0.437. The van der Waals surface area contributed by atoms with Gasteiger partial charge < -0.3 is 10.2 Å². The molecule has 5 nitrogen and oxygen atoms in total. The van der Waals surface area contributed by atoms with E-state index < -0.39 is 0 Å². The number of rotatable bonds is 3. The van der Waals surface area contributed by atoms with E-state index in [9.17, 15) is 0 Å². The average Bonchev–Trinajstić information content (AvgIpc) is 3.36. The summed E-state index contributed by atoms with van der Waals surface area (Å²) < 4.78 is 6.03. The molecule has 0 aliphatic heterocycles. The predicted octanol–water partition coefficient (Wildman–Crippen LogP) is 7.69. The number of nitrogens with two attached hydrogens (primary N) is 1. The van der Waals surface area contributed by atoms with Gasteiger partial charge in [-0.05, 0) is 69.1 Å². The van der Waals surface area contributed by atoms with Gasteiger partial charge in [-0.25, -0.2) is 9.98 Å². The largest absolute Gasteiger partial charge is 0.438 e. The standard InChI is InChI=1S/C33H22N4O/c34-31(21-7-2-1-3-8-21)37-32(35)24-17-22-9-4-5-10-25(22)27(19-24)23-13-12-20-14-15-29-30(28(20)18-23)26-11-6-16-36-33(26)38-29/h1-19H,(H3,34,35,37). The summed E-state index contributed by atoms with van der Waals surface area (Å²) in [5.41, 5.74) is 11.3. The Morgan fingerprint density at radius 1 is 0.711 bits per heavy atom. The van der Waals surface area contributed by atoms with Crippen LogP contribution in [0.4, 0.5) is 0 Å². The Morgan fingerprint density at radius 2 is 1.50 bits per heavy atom. The minimum atomic E-state index is 0.119. The molecule has 0 aliphatic rings. The Hall–Kier alpha value is -5.29. The molecule has 0 spiro atoms. The van der Waals surface area contributed by atoms with E-state index in [-0.39, 0.29) is 5.84 Å². The van der Waals surface area contributed by atoms with E-state index in [2.05, 4.69) is 46.4 Å². The number of hydrogen-bond acceptors (Lipinski definition) is 3. The van der Waals surface area contributed by atoms with E-state index in [0.717, 1.165) is 54.6 Å². The molecule has 38 heavy (non-hydrogen) atoms. The van der Waals surface area contributed by atoms with Crippen molar-refractivity contribution in [3.05, 3.63) is 127 Å². The van der Waals surface area contributed by atoms with Gasteiger partial charge in [-0.3, -0.25) is 5.41 Å². The number of nitrogens with zero attached hydrogens (tertiary/aromatic N) is 2. The van der Waals surface area contributed by atoms with E-state index in [1.54, 1.807) is 6.20 Å². The lowest BCUT2D eigenvalue weighted by molar-refractivity contribution is 0.654. The van der Waals surface area contributed by atoms with E-state index in [1.165, 1.54) is 0 Å². The van der Waals surface area contributed by atoms with Gasteiger partial charge in [0.15, 0.2) is 5.84 Å². The van der Waals surface area contributed by atoms with E-state index in [0.29, 0.717) is 17.1 Å². The number of benzene rings is 5. The van der Waals surface area contributed by atoms with Crippen molar-refractivity contribution < 1.29 is 4.42 Å². The highest BCUT2D eigenvalue weighted by Gasteiger charge is 2.14. The first-order chi connectivity index (χ1) is 18.7. The second-order valence-corrected chi connectivity index (χ2v) is 9.29. The molecule has 5 aromatic carbocycles. The monoisotopic (exact) mass is 490 g/mol. The SMILES string of the molecule is N=C(N=C(N)c1ccccc1)c1cc(-c2ccc3ccc4oc5ncccc5c4c3c2)c2ccccc2c1. The highest BCUT2D eigenvalue weighted by molar-refractivity contribution is 6.19. The van der Waals surface area contributed by atoms with Crippen LogP contribution in [-0.2, 0) is 0 Å². The second-order valence-electron chi connectivity index (χ2n) is 9.29. The molecule has 5 heteroatoms. The van der Waals surface area contributed by atoms with E-state index in [1.807, 2.05) is 72.8 Å². The first-order valence-electron chi connectivity index (χ1n) is 12.4. The molecule has 0 radical (unpaired) electrons. The number of aliphatic imine (C=N–C) groups is 1. The molecular weight excluding hydrogens is 468 g/mol. The number of fused-ring (bicyclic) bond motifs is 6. The Kier molecular flexibility index (Phi) is 5.01. The molecule has 0 bridgehead atoms. The van der Waals surface area contributed by atoms with Crippen molar-refractivity contribution >= 4 is 55.3 Å². The minimum absolute atomic E-state index is 0.119. The number of amidine groups is 2. The van der Waals surface area contributed by atoms with Crippen LogP contribution in [0.2, 0.25) is 0 Å². The van der Waals surface area contributed by atoms with Gasteiger partial charge in [0.05, 0.1) is 0 Å². The van der Waals surface area contributed by atoms with Gasteiger partial charge in [0.25, 0.3) is 0 Å². The molecule has 0 aliphatic carbocycles. The second kappa shape index (κ2) is 8.68. The van der Waals surface area contributed by atoms with Crippen molar-refractivity contribution in [2.75, 3.05) is 0 Å². The molecule has 0 atom stereocenters. The molecule has 2 aromatic heterocycles. The van der Waals surface area contributed by atoms with Crippen LogP contribution in [0.5, 0.6) is 0 Å². The van der Waals surface area contributed by atoms with Crippen LogP contribution in [0.15, 0.2) is 125 Å². The highest BCUT2D eigenvalue weighted by atomic mass is 16.3. The molecule has 7 aromatic rings. The van der Waals surface area contributed by atoms with Crippen molar-refractivity contribution in [3.63, 3.8) is 0 Å². The molecule has 180 valence electrons. The van der Waals surface area contributed by atoms with Crippen molar-refractivity contribution in [3.8, 4) is 11.1 Å². The summed E-state index contributed by atoms with van der Waals surface area (Å²) in [6.07, 6.45) is 1.75. The van der Waals surface area contributed by atoms with Gasteiger partial charge >= 0.3 is 0 Å². The van der Waals surface area contributed by atoms with Crippen molar-refractivity contribution in [2.45, 2.75) is 0 Å². The van der Waals surface area contributed by atoms with Crippen molar-refractivity contribution in [1.82, 2.24) is 4.98 Å². The van der Waals surface area contributed by atoms with Crippen molar-refractivity contribution in [1.29, 1.82) is 5.41 Å². The Balaban J connectivity index is 1.43. The highest BCUT2D eigenvalue weighted by Crippen LogP contribution is 2.37. The molecule has 3 N–H and O–H groups in total. The molecule has 0 amide bonds. The number of furan rings is 1. The number of pyridine rings is 1. The summed E-state index contributed by atoms with van der Waals surface area (Å²) in [7, 11) is 0. The predicted molar refractivity (Wildman–Crippen MR) is 156 cm³/mol. The van der Waals surface area contributed by atoms with Crippen LogP contribution in [0, 0.1) is 5.41 Å². The Morgan fingerprint density at radius 3 is 2.39 bits per heavy atom. The maximum atomic E-state index is 8.77. The number of nitrogens with one attached hydrogen (secondary N) is 1. The smallest absolute Gasteiger partial charge is 0.227 e. The van der Waals surface area contributed by atoms with Crippen LogP contribution in [0.3, 0.4) is 0 Å². The zero-order chi connectivity index (χ0) is 25.6. The third kappa shape index (κ3) is 3.61. The molecule has 2 heterocycles. The van der Waals surface area contributed by atoms with Gasteiger partial charge in [0.2, 0.25) is 5.71 Å². The van der Waals surface area contributed by atoms with E-state index in [4.69, 9.17) is 15.6 Å². The summed E-state index contributed by atoms with van der Waals surface area (Å²) in [4.78, 5) is 8.85. The molecule has 0 saturated heterocycles. The molecule has 0 unspecified atom stereocenters. The first kappa shape index (κ1) is 21.9. The first-order valence-corrected chi connectivity index (χ1v) is 12.4. The summed E-state index contributed by atoms with van der Waals surface area (Å²) in [5, 5.41) is 15.2. The zero-order valence-corrected chi connectivity index (χ0v) is 20.3. The van der Waals surface area contributed by atoms with Crippen LogP contribution in [0.1, 0.15) is 11.1 Å². The topological polar surface area (TPSA) is 88.3 Å². The molecule has 0 saturated carbocycles. The fourth-order valence-electron chi connectivity index (χ4n) is 5.14. The maximum absolute atomic E-state index is 8.77. The molecular formula is C33H22N4O. The van der Waals surface area contributed by atoms with Crippen LogP contribution in [0.25, 0.3) is 54.7 Å². The number of aromatic nitrogens is 1. The Bertz CT molecular complexity index is 2060. The van der Waals surface area contributed by atoms with Gasteiger partial charge in [-0.2, -0.15) is 0 Å². The van der Waals surface area contributed by atoms with Gasteiger partial charge in [0.1, 0.15) is 11.4 Å². The maximum Gasteiger partial charge on any atom is 0.227 e. The molecule has 7 rings (SSSR count). The lowest BCUT2D eigenvalue weighted by Gasteiger charge is -2.12. The van der Waals surface area contributed by atoms with Crippen LogP contribution >= 0.6 is 0 Å². The molecule has 0 fully saturated rings. The fourth-order valence-corrected chi connectivity index (χ4v) is 5.14. The van der Waals surface area contributed by atoms with Crippen molar-refractivity contribution in [2.24, 2.45) is 10.7 Å². The third-order valence-corrected chi connectivity index (χ3v) is 6.98. The quantitative estimate of drug-likeness (QED) is 0.197. The third-order valence-electron chi connectivity index (χ3n) is 6.98. The number of hydrogen-bond donors (Lipinski definition) is 2. The summed E-state index contributed by atoms with van der Waals surface area (Å²) in [6, 6.07) is 36.3. The van der Waals surface area contributed by atoms with Crippen LogP contribution in [-0.4, -0.2) is 16.7 Å². The normalized spacial score (nSPS) is 12.1. The van der Waals surface area contributed by atoms with Gasteiger partial charge in [-0.1, -0.05) is 72.8 Å². The van der Waals surface area contributed by atoms with E-state index >= 15 is 0 Å². The lowest BCUT2D eigenvalue weighted by Crippen LogP contribution is -2.15. The summed E-state index contributed by atoms with van der Waals surface area (Å²) >= 11 is 0. The zero-order valence-electron chi connectivity index (χ0n) is 20.3. The Labute approximate surface area is 218 Å².